The Bertz CT molecular complexity index is 6500. The van der Waals surface area contributed by atoms with E-state index >= 15 is 0 Å². The summed E-state index contributed by atoms with van der Waals surface area (Å²) in [6.45, 7) is 8.26. The molecule has 4 fully saturated rings. The van der Waals surface area contributed by atoms with Crippen LogP contribution >= 0.6 is 0 Å². The van der Waals surface area contributed by atoms with Crippen molar-refractivity contribution in [1.29, 1.82) is 0 Å². The molecule has 0 unspecified atom stereocenters. The Morgan fingerprint density at radius 3 is 1.24 bits per heavy atom. The van der Waals surface area contributed by atoms with E-state index < -0.39 is 48.3 Å². The molecule has 5 amide bonds. The lowest BCUT2D eigenvalue weighted by atomic mass is 9.81. The van der Waals surface area contributed by atoms with E-state index in [2.05, 4.69) is 51.0 Å². The summed E-state index contributed by atoms with van der Waals surface area (Å²) in [5.74, 6) is 1.11. The first-order chi connectivity index (χ1) is 63.0. The number of ether oxygens (including phenoxy) is 4. The van der Waals surface area contributed by atoms with E-state index in [-0.39, 0.29) is 67.1 Å². The summed E-state index contributed by atoms with van der Waals surface area (Å²) in [5, 5.41) is 3.12. The Balaban J connectivity index is 0.000000137. The second-order valence-electron chi connectivity index (χ2n) is 36.6. The SMILES string of the molecule is COc1ccc2c(c1)C(C)=C1Cn3c-2c(C2CCCCC2)c2ccc(cc23)C(=O)NS(=O)(=O)N(C)CCOCCN(C)C1=O.COc1ccc2c(c1)C=C1Cn3c-2c(C2CCCCC2)c2ccc(cc23)C(=O)NS(=O)(=O)N(C)CCN(C)CCCC1=O.COc1ccc2c(c1)C=C1Cn3c-2c(C2CCCCC2)c2ccc(cc23)C(=O)NS(=O)(=O)N(C)CCN2CCN(CC2)C1=O. The number of allylic oxidation sites excluding steroid dienone is 2. The molecule has 11 aliphatic rings. The highest BCUT2D eigenvalue weighted by atomic mass is 32.2. The summed E-state index contributed by atoms with van der Waals surface area (Å²) in [6, 6.07) is 34.5. The predicted octanol–water partition coefficient (Wildman–Crippen LogP) is 13.3. The number of benzene rings is 6. The Morgan fingerprint density at radius 1 is 0.382 bits per heavy atom. The molecular formula is C99H119N13O16S3. The summed E-state index contributed by atoms with van der Waals surface area (Å²) >= 11 is 0. The summed E-state index contributed by atoms with van der Waals surface area (Å²) in [4.78, 5) is 90.1. The molecule has 9 aromatic rings. The lowest BCUT2D eigenvalue weighted by Crippen LogP contribution is -2.51. The van der Waals surface area contributed by atoms with Crippen molar-refractivity contribution >= 4 is 116 Å². The third-order valence-electron chi connectivity index (χ3n) is 28.5. The lowest BCUT2D eigenvalue weighted by molar-refractivity contribution is -0.129. The number of amides is 5. The molecule has 32 heteroatoms. The van der Waals surface area contributed by atoms with Crippen molar-refractivity contribution in [3.05, 3.63) is 176 Å². The monoisotopic (exact) mass is 1840 g/mol. The van der Waals surface area contributed by atoms with Crippen LogP contribution in [0.15, 0.2) is 126 Å². The number of methoxy groups -OCH3 is 3. The molecule has 14 bridgehead atoms. The van der Waals surface area contributed by atoms with Gasteiger partial charge in [0.25, 0.3) is 29.5 Å². The van der Waals surface area contributed by atoms with Crippen LogP contribution < -0.4 is 28.4 Å². The van der Waals surface area contributed by atoms with Gasteiger partial charge < -0.3 is 47.3 Å². The van der Waals surface area contributed by atoms with Gasteiger partial charge in [-0.3, -0.25) is 33.7 Å². The summed E-state index contributed by atoms with van der Waals surface area (Å²) in [5.41, 5.74) is 18.9. The first kappa shape index (κ1) is 92.1. The minimum Gasteiger partial charge on any atom is -0.497 e. The van der Waals surface area contributed by atoms with E-state index in [0.717, 1.165) is 186 Å². The van der Waals surface area contributed by atoms with Gasteiger partial charge in [-0.15, -0.1) is 0 Å². The number of nitrogens with zero attached hydrogens (tertiary/aromatic N) is 10. The molecule has 3 saturated carbocycles. The highest BCUT2D eigenvalue weighted by molar-refractivity contribution is 7.88. The lowest BCUT2D eigenvalue weighted by Gasteiger charge is -2.35. The number of rotatable bonds is 6. The molecule has 0 atom stereocenters. The van der Waals surface area contributed by atoms with Crippen LogP contribution in [0, 0.1) is 0 Å². The molecule has 3 aromatic heterocycles. The Labute approximate surface area is 767 Å². The van der Waals surface area contributed by atoms with Gasteiger partial charge in [-0.05, 0) is 225 Å². The second kappa shape index (κ2) is 38.4. The van der Waals surface area contributed by atoms with Gasteiger partial charge in [0.15, 0.2) is 5.78 Å². The first-order valence-electron chi connectivity index (χ1n) is 46.1. The van der Waals surface area contributed by atoms with Gasteiger partial charge in [0.1, 0.15) is 17.2 Å². The predicted molar refractivity (Wildman–Crippen MR) is 508 cm³/mol. The highest BCUT2D eigenvalue weighted by Crippen LogP contribution is 2.52. The van der Waals surface area contributed by atoms with Crippen molar-refractivity contribution in [3.63, 3.8) is 0 Å². The fraction of sp³-hybridized carbons (Fsp3) is 0.455. The standard InChI is InChI=1S/C33H39N5O5S.C33H40N4O6S.C33H40N4O5S/c1-35-12-13-36-14-16-37(17-15-36)33(40)25-18-24-19-26(43-2)9-11-27(24)31-30(22-6-4-3-5-7-22)28-10-8-23(20-29(28)38(31)21-25)32(39)34-44(35,41)42;1-21-27-19-24(42-4)11-13-25(27)31-30(22-8-6-5-7-9-22)26-12-10-23-18-29(26)37(31)20-28(21)33(39)35(2)14-16-43-17-15-36(3)44(40,41)34-32(23)38;1-35-15-7-10-30(38)25-18-24-19-26(42-3)12-14-27(24)32-31(22-8-5-4-6-9-22)28-13-11-23(20-29(28)37(32)21-25)33(39)34-43(40,41)36(2)17-16-35/h8-11,18-20,22H,3-7,12-17,21H2,1-2H3,(H,34,39);10-13,18-19,22H,5-9,14-17,20H2,1-4H3,(H,34,38);11-14,18-20,22H,4-10,15-17,21H2,1-3H3,(H,34,39). The number of hydrogen-bond donors (Lipinski definition) is 3. The van der Waals surface area contributed by atoms with E-state index in [0.29, 0.717) is 125 Å². The van der Waals surface area contributed by atoms with Gasteiger partial charge in [-0.1, -0.05) is 76.0 Å². The molecule has 3 N–H and O–H groups in total. The van der Waals surface area contributed by atoms with Crippen LogP contribution in [0.2, 0.25) is 0 Å². The van der Waals surface area contributed by atoms with E-state index in [1.165, 1.54) is 61.4 Å². The van der Waals surface area contributed by atoms with Crippen molar-refractivity contribution in [1.82, 2.24) is 60.4 Å². The maximum absolute atomic E-state index is 14.2. The molecule has 6 aromatic carbocycles. The molecule has 8 aliphatic heterocycles. The number of carbonyl (C=O) groups excluding carboxylic acids is 6. The third kappa shape index (κ3) is 18.7. The van der Waals surface area contributed by atoms with Gasteiger partial charge in [-0.2, -0.15) is 38.2 Å². The fourth-order valence-electron chi connectivity index (χ4n) is 21.0. The van der Waals surface area contributed by atoms with E-state index in [1.807, 2.05) is 90.5 Å². The van der Waals surface area contributed by atoms with Gasteiger partial charge in [0.2, 0.25) is 0 Å². The number of likely N-dealkylation sites (N-methyl/N-ethyl adjacent to an activating group) is 5. The molecule has 0 spiro atoms. The summed E-state index contributed by atoms with van der Waals surface area (Å²) in [7, 11) is 0.791. The molecule has 20 rings (SSSR count). The normalized spacial score (nSPS) is 21.0. The number of fused-ring (bicyclic) bond motifs is 17. The van der Waals surface area contributed by atoms with Crippen molar-refractivity contribution in [2.75, 3.05) is 142 Å². The molecule has 1 saturated heterocycles. The van der Waals surface area contributed by atoms with E-state index in [1.54, 1.807) is 69.7 Å². The van der Waals surface area contributed by atoms with Crippen molar-refractivity contribution < 1.29 is 73.0 Å². The minimum absolute atomic E-state index is 0.00486. The topological polar surface area (TPSA) is 315 Å². The average molecular weight is 1840 g/mol. The number of nitrogens with one attached hydrogen (secondary N) is 3. The molecular weight excluding hydrogens is 1720 g/mol. The minimum atomic E-state index is -4.09. The Morgan fingerprint density at radius 2 is 0.779 bits per heavy atom. The first-order valence-corrected chi connectivity index (χ1v) is 50.4. The van der Waals surface area contributed by atoms with Gasteiger partial charge in [0.05, 0.1) is 71.3 Å². The smallest absolute Gasteiger partial charge is 0.303 e. The average Bonchev–Trinajstić information content (AvgIpc) is 1.59. The van der Waals surface area contributed by atoms with Gasteiger partial charge >= 0.3 is 30.6 Å². The van der Waals surface area contributed by atoms with Crippen LogP contribution in [0.1, 0.15) is 198 Å². The van der Waals surface area contributed by atoms with Crippen LogP contribution in [-0.2, 0) is 69.4 Å². The van der Waals surface area contributed by atoms with E-state index in [9.17, 15) is 54.0 Å². The fourth-order valence-corrected chi connectivity index (χ4v) is 23.5. The zero-order valence-electron chi connectivity index (χ0n) is 76.3. The maximum Gasteiger partial charge on any atom is 0.303 e. The molecule has 131 heavy (non-hydrogen) atoms. The zero-order chi connectivity index (χ0) is 92.1. The van der Waals surface area contributed by atoms with Crippen LogP contribution in [0.4, 0.5) is 0 Å². The highest BCUT2D eigenvalue weighted by Gasteiger charge is 2.39. The van der Waals surface area contributed by atoms with Crippen LogP contribution in [0.3, 0.4) is 0 Å². The number of piperazine rings is 1. The molecule has 3 aliphatic carbocycles. The summed E-state index contributed by atoms with van der Waals surface area (Å²) < 4.78 is 118. The molecule has 11 heterocycles. The number of ketones is 1. The van der Waals surface area contributed by atoms with Crippen LogP contribution in [0.5, 0.6) is 17.2 Å². The van der Waals surface area contributed by atoms with Crippen molar-refractivity contribution in [2.24, 2.45) is 0 Å². The van der Waals surface area contributed by atoms with Crippen molar-refractivity contribution in [2.45, 2.75) is 153 Å². The summed E-state index contributed by atoms with van der Waals surface area (Å²) in [6.07, 6.45) is 22.1. The van der Waals surface area contributed by atoms with Crippen LogP contribution in [-0.4, -0.2) is 249 Å². The number of Topliss-reactive ketones (excluding diaryl/α,β-unsaturated/α-hetero) is 1. The largest absolute Gasteiger partial charge is 0.497 e. The van der Waals surface area contributed by atoms with E-state index in [4.69, 9.17) is 18.9 Å². The molecule has 0 radical (unpaired) electrons. The Kier molecular flexibility index (Phi) is 27.0. The quantitative estimate of drug-likeness (QED) is 0.139. The number of aromatic nitrogens is 3. The van der Waals surface area contributed by atoms with Crippen molar-refractivity contribution in [3.8, 4) is 51.0 Å². The van der Waals surface area contributed by atoms with Crippen LogP contribution in [0.25, 0.3) is 84.2 Å². The van der Waals surface area contributed by atoms with Gasteiger partial charge in [-0.25, -0.2) is 14.2 Å². The molecule has 694 valence electrons. The maximum atomic E-state index is 14.2. The third-order valence-corrected chi connectivity index (χ3v) is 32.9. The zero-order valence-corrected chi connectivity index (χ0v) is 78.8. The number of hydrogen-bond acceptors (Lipinski definition) is 18. The Hall–Kier alpha value is -10.8. The number of carbonyl (C=O) groups is 6. The van der Waals surface area contributed by atoms with Gasteiger partial charge in [0, 0.05) is 183 Å². The second-order valence-corrected chi connectivity index (χ2v) is 41.9. The molecule has 29 nitrogen and oxygen atoms in total.